The molecule has 1 saturated carbocycles. The molecular weight excluding hydrogens is 332 g/mol. The zero-order chi connectivity index (χ0) is 18.1. The third-order valence-electron chi connectivity index (χ3n) is 6.08. The van der Waals surface area contributed by atoms with E-state index in [1.54, 1.807) is 12.1 Å². The Morgan fingerprint density at radius 3 is 2.52 bits per heavy atom. The van der Waals surface area contributed by atoms with Crippen LogP contribution in [0.2, 0.25) is 0 Å². The van der Waals surface area contributed by atoms with Gasteiger partial charge in [-0.05, 0) is 55.7 Å². The molecule has 0 unspecified atom stereocenters. The molecule has 3 fully saturated rings. The summed E-state index contributed by atoms with van der Waals surface area (Å²) in [5.74, 6) is 0.979. The zero-order valence-electron chi connectivity index (χ0n) is 15.2. The lowest BCUT2D eigenvalue weighted by atomic mass is 9.66. The maximum Gasteiger partial charge on any atom is 0.178 e. The van der Waals surface area contributed by atoms with Crippen molar-refractivity contribution < 1.29 is 8.42 Å². The third-order valence-corrected chi connectivity index (χ3v) is 8.02. The zero-order valence-corrected chi connectivity index (χ0v) is 16.0. The average molecular weight is 363 g/mol. The fraction of sp³-hybridized carbons (Fsp3) is 0.600. The minimum absolute atomic E-state index is 0.0211. The summed E-state index contributed by atoms with van der Waals surface area (Å²) in [6.07, 6.45) is 7.31. The number of sulfone groups is 1. The number of hydrogen-bond donors (Lipinski definition) is 1. The molecule has 4 nitrogen and oxygen atoms in total. The highest BCUT2D eigenvalue weighted by molar-refractivity contribution is 7.91. The third kappa shape index (κ3) is 3.42. The van der Waals surface area contributed by atoms with Crippen molar-refractivity contribution >= 4 is 9.84 Å². The molecule has 2 heterocycles. The summed E-state index contributed by atoms with van der Waals surface area (Å²) in [7, 11) is -3.17. The first kappa shape index (κ1) is 18.6. The van der Waals surface area contributed by atoms with Crippen LogP contribution in [0.25, 0.3) is 0 Å². The van der Waals surface area contributed by atoms with Crippen molar-refractivity contribution in [2.24, 2.45) is 11.7 Å². The summed E-state index contributed by atoms with van der Waals surface area (Å²) in [4.78, 5) is 2.91. The highest BCUT2D eigenvalue weighted by atomic mass is 32.2. The Kier molecular flexibility index (Phi) is 5.37. The minimum atomic E-state index is -3.17. The molecule has 1 aromatic rings. The molecular formula is C20H30N2O2S. The SMILES string of the molecule is C=CCN1CC2CCC1([C@H](N)c1ccc(S(=O)(=O)CCC)cc1)CC2. The van der Waals surface area contributed by atoms with Crippen LogP contribution in [0.15, 0.2) is 41.8 Å². The summed E-state index contributed by atoms with van der Waals surface area (Å²) >= 11 is 0. The van der Waals surface area contributed by atoms with Gasteiger partial charge in [0.2, 0.25) is 0 Å². The number of piperidine rings is 2. The Bertz CT molecular complexity index is 704. The van der Waals surface area contributed by atoms with E-state index in [2.05, 4.69) is 11.5 Å². The Labute approximate surface area is 152 Å². The molecule has 0 aromatic heterocycles. The first-order chi connectivity index (χ1) is 11.9. The number of nitrogens with zero attached hydrogens (tertiary/aromatic N) is 1. The van der Waals surface area contributed by atoms with Gasteiger partial charge in [-0.2, -0.15) is 0 Å². The number of rotatable bonds is 7. The van der Waals surface area contributed by atoms with Crippen LogP contribution in [-0.2, 0) is 9.84 Å². The molecule has 3 aliphatic rings. The normalized spacial score (nSPS) is 28.0. The van der Waals surface area contributed by atoms with Crippen LogP contribution in [0, 0.1) is 5.92 Å². The van der Waals surface area contributed by atoms with Crippen molar-refractivity contribution in [2.45, 2.75) is 55.5 Å². The van der Waals surface area contributed by atoms with E-state index in [0.29, 0.717) is 11.3 Å². The van der Waals surface area contributed by atoms with Crippen LogP contribution >= 0.6 is 0 Å². The van der Waals surface area contributed by atoms with E-state index >= 15 is 0 Å². The molecule has 0 spiro atoms. The van der Waals surface area contributed by atoms with Crippen LogP contribution in [0.5, 0.6) is 0 Å². The molecule has 0 amide bonds. The second-order valence-corrected chi connectivity index (χ2v) is 9.72. The quantitative estimate of drug-likeness (QED) is 0.756. The lowest BCUT2D eigenvalue weighted by Crippen LogP contribution is -2.62. The summed E-state index contributed by atoms with van der Waals surface area (Å²) in [6, 6.07) is 7.17. The summed E-state index contributed by atoms with van der Waals surface area (Å²) in [5.41, 5.74) is 7.76. The second-order valence-electron chi connectivity index (χ2n) is 7.61. The molecule has 25 heavy (non-hydrogen) atoms. The first-order valence-electron chi connectivity index (χ1n) is 9.37. The molecule has 2 saturated heterocycles. The number of fused-ring (bicyclic) bond motifs is 3. The number of nitrogens with two attached hydrogens (primary N) is 1. The van der Waals surface area contributed by atoms with Crippen LogP contribution < -0.4 is 5.73 Å². The fourth-order valence-electron chi connectivity index (χ4n) is 4.67. The standard InChI is InChI=1S/C20H30N2O2S/c1-3-13-22-15-16-9-11-20(22,12-10-16)19(21)17-5-7-18(8-6-17)25(23,24)14-4-2/h3,5-8,16,19H,1,4,9-15,21H2,2H3/t16?,19-,20?/m1/s1. The molecule has 0 radical (unpaired) electrons. The number of benzene rings is 1. The van der Waals surface area contributed by atoms with E-state index in [-0.39, 0.29) is 17.3 Å². The van der Waals surface area contributed by atoms with Gasteiger partial charge in [-0.3, -0.25) is 4.90 Å². The Hall–Kier alpha value is -1.17. The van der Waals surface area contributed by atoms with Gasteiger partial charge in [0.15, 0.2) is 9.84 Å². The average Bonchev–Trinajstić information content (AvgIpc) is 2.62. The maximum atomic E-state index is 12.2. The molecule has 2 N–H and O–H groups in total. The van der Waals surface area contributed by atoms with Gasteiger partial charge in [0.05, 0.1) is 10.6 Å². The van der Waals surface area contributed by atoms with Gasteiger partial charge in [-0.15, -0.1) is 6.58 Å². The Morgan fingerprint density at radius 1 is 1.32 bits per heavy atom. The Morgan fingerprint density at radius 2 is 1.96 bits per heavy atom. The highest BCUT2D eigenvalue weighted by Crippen LogP contribution is 2.48. The van der Waals surface area contributed by atoms with Crippen LogP contribution in [-0.4, -0.2) is 37.7 Å². The van der Waals surface area contributed by atoms with Crippen LogP contribution in [0.4, 0.5) is 0 Å². The molecule has 4 rings (SSSR count). The lowest BCUT2D eigenvalue weighted by Gasteiger charge is -2.57. The molecule has 1 aliphatic carbocycles. The molecule has 138 valence electrons. The van der Waals surface area contributed by atoms with Crippen molar-refractivity contribution in [3.8, 4) is 0 Å². The van der Waals surface area contributed by atoms with Crippen molar-refractivity contribution in [1.29, 1.82) is 0 Å². The molecule has 1 aromatic carbocycles. The van der Waals surface area contributed by atoms with Gasteiger partial charge >= 0.3 is 0 Å². The van der Waals surface area contributed by atoms with Crippen molar-refractivity contribution in [3.05, 3.63) is 42.5 Å². The van der Waals surface area contributed by atoms with Crippen LogP contribution in [0.1, 0.15) is 50.6 Å². The predicted octanol–water partition coefficient (Wildman–Crippen LogP) is 3.30. The van der Waals surface area contributed by atoms with Crippen molar-refractivity contribution in [1.82, 2.24) is 4.90 Å². The highest BCUT2D eigenvalue weighted by Gasteiger charge is 2.49. The lowest BCUT2D eigenvalue weighted by molar-refractivity contribution is -0.0440. The van der Waals surface area contributed by atoms with Gasteiger partial charge in [0, 0.05) is 24.7 Å². The van der Waals surface area contributed by atoms with E-state index in [4.69, 9.17) is 5.73 Å². The van der Waals surface area contributed by atoms with E-state index in [1.807, 2.05) is 25.1 Å². The van der Waals surface area contributed by atoms with E-state index in [9.17, 15) is 8.42 Å². The molecule has 2 aliphatic heterocycles. The minimum Gasteiger partial charge on any atom is -0.322 e. The van der Waals surface area contributed by atoms with Crippen molar-refractivity contribution in [3.63, 3.8) is 0 Å². The van der Waals surface area contributed by atoms with Gasteiger partial charge in [-0.1, -0.05) is 25.1 Å². The maximum absolute atomic E-state index is 12.2. The van der Waals surface area contributed by atoms with E-state index < -0.39 is 9.84 Å². The molecule has 5 heteroatoms. The molecule has 2 bridgehead atoms. The predicted molar refractivity (Wildman–Crippen MR) is 102 cm³/mol. The van der Waals surface area contributed by atoms with Gasteiger partial charge in [-0.25, -0.2) is 8.42 Å². The Balaban J connectivity index is 1.86. The topological polar surface area (TPSA) is 63.4 Å². The van der Waals surface area contributed by atoms with Gasteiger partial charge < -0.3 is 5.73 Å². The second kappa shape index (κ2) is 7.22. The molecule has 1 atom stereocenters. The summed E-state index contributed by atoms with van der Waals surface area (Å²) in [5, 5.41) is 0. The number of hydrogen-bond acceptors (Lipinski definition) is 4. The summed E-state index contributed by atoms with van der Waals surface area (Å²) < 4.78 is 24.5. The smallest absolute Gasteiger partial charge is 0.178 e. The fourth-order valence-corrected chi connectivity index (χ4v) is 5.99. The largest absolute Gasteiger partial charge is 0.322 e. The van der Waals surface area contributed by atoms with E-state index in [0.717, 1.165) is 37.4 Å². The van der Waals surface area contributed by atoms with E-state index in [1.165, 1.54) is 12.8 Å². The monoisotopic (exact) mass is 362 g/mol. The van der Waals surface area contributed by atoms with Gasteiger partial charge in [0.1, 0.15) is 0 Å². The van der Waals surface area contributed by atoms with Crippen LogP contribution in [0.3, 0.4) is 0 Å². The van der Waals surface area contributed by atoms with Gasteiger partial charge in [0.25, 0.3) is 0 Å². The summed E-state index contributed by atoms with van der Waals surface area (Å²) in [6.45, 7) is 7.76. The van der Waals surface area contributed by atoms with Crippen molar-refractivity contribution in [2.75, 3.05) is 18.8 Å². The first-order valence-corrected chi connectivity index (χ1v) is 11.0.